The lowest BCUT2D eigenvalue weighted by molar-refractivity contribution is 0.182. The van der Waals surface area contributed by atoms with Crippen LogP contribution < -0.4 is 0 Å². The molecule has 0 bridgehead atoms. The Hall–Kier alpha value is -0.830. The van der Waals surface area contributed by atoms with Gasteiger partial charge in [0.05, 0.1) is 16.0 Å². The minimum absolute atomic E-state index is 0.158. The highest BCUT2D eigenvalue weighted by Gasteiger charge is 2.17. The molecule has 1 aromatic carbocycles. The Morgan fingerprint density at radius 2 is 1.80 bits per heavy atom. The normalized spacial score (nSPS) is 13.5. The molecular formula is C17H21ClOS. The number of aliphatic hydroxyl groups excluding tert-OH is 1. The minimum atomic E-state index is -0.526. The van der Waals surface area contributed by atoms with Gasteiger partial charge in [-0.1, -0.05) is 56.6 Å². The highest BCUT2D eigenvalue weighted by Crippen LogP contribution is 2.34. The highest BCUT2D eigenvalue weighted by molar-refractivity contribution is 7.10. The predicted molar refractivity (Wildman–Crippen MR) is 87.9 cm³/mol. The Kier molecular flexibility index (Phi) is 4.58. The van der Waals surface area contributed by atoms with Crippen molar-refractivity contribution in [3.8, 4) is 0 Å². The fourth-order valence-electron chi connectivity index (χ4n) is 2.13. The van der Waals surface area contributed by atoms with Gasteiger partial charge in [-0.3, -0.25) is 0 Å². The van der Waals surface area contributed by atoms with E-state index in [-0.39, 0.29) is 5.41 Å². The summed E-state index contributed by atoms with van der Waals surface area (Å²) in [6.45, 7) is 8.56. The molecule has 0 aliphatic heterocycles. The van der Waals surface area contributed by atoms with Crippen molar-refractivity contribution in [3.63, 3.8) is 0 Å². The van der Waals surface area contributed by atoms with Crippen molar-refractivity contribution in [1.29, 1.82) is 0 Å². The Bertz CT molecular complexity index is 578. The van der Waals surface area contributed by atoms with Crippen molar-refractivity contribution in [3.05, 3.63) is 56.2 Å². The van der Waals surface area contributed by atoms with Gasteiger partial charge in [0.15, 0.2) is 0 Å². The van der Waals surface area contributed by atoms with E-state index in [1.165, 1.54) is 16.9 Å². The topological polar surface area (TPSA) is 20.2 Å². The second-order valence-corrected chi connectivity index (χ2v) is 7.55. The first-order chi connectivity index (χ1) is 9.29. The monoisotopic (exact) mass is 308 g/mol. The van der Waals surface area contributed by atoms with Gasteiger partial charge in [-0.25, -0.2) is 0 Å². The molecule has 1 nitrogen and oxygen atoms in total. The maximum absolute atomic E-state index is 10.3. The van der Waals surface area contributed by atoms with Crippen molar-refractivity contribution in [2.75, 3.05) is 0 Å². The van der Waals surface area contributed by atoms with Crippen LogP contribution in [0, 0.1) is 6.92 Å². The zero-order chi connectivity index (χ0) is 14.9. The van der Waals surface area contributed by atoms with Crippen LogP contribution in [0.1, 0.15) is 48.4 Å². The van der Waals surface area contributed by atoms with Crippen molar-refractivity contribution >= 4 is 22.9 Å². The average Bonchev–Trinajstić information content (AvgIpc) is 2.69. The van der Waals surface area contributed by atoms with Gasteiger partial charge in [0.2, 0.25) is 0 Å². The first kappa shape index (κ1) is 15.6. The molecular weight excluding hydrogens is 288 g/mol. The molecule has 0 saturated carbocycles. The van der Waals surface area contributed by atoms with Crippen LogP contribution in [0.2, 0.25) is 5.02 Å². The molecule has 1 atom stereocenters. The molecule has 3 heteroatoms. The first-order valence-corrected chi connectivity index (χ1v) is 8.06. The summed E-state index contributed by atoms with van der Waals surface area (Å²) in [6.07, 6.45) is 0.0751. The minimum Gasteiger partial charge on any atom is -0.387 e. The van der Waals surface area contributed by atoms with Gasteiger partial charge in [-0.05, 0) is 34.4 Å². The zero-order valence-corrected chi connectivity index (χ0v) is 14.0. The van der Waals surface area contributed by atoms with E-state index in [1.807, 2.05) is 12.3 Å². The number of hydrogen-bond donors (Lipinski definition) is 1. The van der Waals surface area contributed by atoms with E-state index in [4.69, 9.17) is 11.6 Å². The van der Waals surface area contributed by atoms with E-state index in [9.17, 15) is 5.11 Å². The number of benzene rings is 1. The molecule has 0 amide bonds. The van der Waals surface area contributed by atoms with E-state index in [0.717, 1.165) is 16.0 Å². The molecule has 0 saturated heterocycles. The molecule has 20 heavy (non-hydrogen) atoms. The number of rotatable bonds is 3. The van der Waals surface area contributed by atoms with E-state index in [2.05, 4.69) is 45.0 Å². The first-order valence-electron chi connectivity index (χ1n) is 6.80. The van der Waals surface area contributed by atoms with Gasteiger partial charge >= 0.3 is 0 Å². The van der Waals surface area contributed by atoms with Gasteiger partial charge in [0.1, 0.15) is 0 Å². The summed E-state index contributed by atoms with van der Waals surface area (Å²) in [4.78, 5) is 0.865. The molecule has 0 aliphatic carbocycles. The molecule has 0 fully saturated rings. The standard InChI is InChI=1S/C17H21ClOS/c1-11-10-20-16(15(11)18)14(19)9-12-5-7-13(8-6-12)17(2,3)4/h5-8,10,14,19H,9H2,1-4H3. The van der Waals surface area contributed by atoms with Crippen molar-refractivity contribution < 1.29 is 5.11 Å². The maximum atomic E-state index is 10.3. The second kappa shape index (κ2) is 5.88. The van der Waals surface area contributed by atoms with Crippen molar-refractivity contribution in [2.45, 2.75) is 45.6 Å². The van der Waals surface area contributed by atoms with Crippen LogP contribution >= 0.6 is 22.9 Å². The lowest BCUT2D eigenvalue weighted by Crippen LogP contribution is -2.11. The summed E-state index contributed by atoms with van der Waals surface area (Å²) in [5.41, 5.74) is 3.63. The third-order valence-electron chi connectivity index (χ3n) is 3.48. The third kappa shape index (κ3) is 3.43. The number of thiophene rings is 1. The van der Waals surface area contributed by atoms with Crippen LogP contribution in [0.5, 0.6) is 0 Å². The highest BCUT2D eigenvalue weighted by atomic mass is 35.5. The number of halogens is 1. The number of aryl methyl sites for hydroxylation is 1. The summed E-state index contributed by atoms with van der Waals surface area (Å²) in [7, 11) is 0. The lowest BCUT2D eigenvalue weighted by Gasteiger charge is -2.19. The molecule has 1 aromatic heterocycles. The fourth-order valence-corrected chi connectivity index (χ4v) is 3.44. The summed E-state index contributed by atoms with van der Waals surface area (Å²) >= 11 is 7.73. The van der Waals surface area contributed by atoms with Crippen LogP contribution in [-0.2, 0) is 11.8 Å². The molecule has 108 valence electrons. The average molecular weight is 309 g/mol. The second-order valence-electron chi connectivity index (χ2n) is 6.26. The van der Waals surface area contributed by atoms with Crippen LogP contribution in [0.25, 0.3) is 0 Å². The maximum Gasteiger partial charge on any atom is 0.0937 e. The molecule has 1 heterocycles. The Balaban J connectivity index is 2.12. The molecule has 1 unspecified atom stereocenters. The van der Waals surface area contributed by atoms with Crippen molar-refractivity contribution in [1.82, 2.24) is 0 Å². The molecule has 0 aliphatic rings. The SMILES string of the molecule is Cc1csc(C(O)Cc2ccc(C(C)(C)C)cc2)c1Cl. The Labute approximate surface area is 130 Å². The van der Waals surface area contributed by atoms with Gasteiger partial charge in [-0.15, -0.1) is 11.3 Å². The van der Waals surface area contributed by atoms with E-state index in [0.29, 0.717) is 11.4 Å². The van der Waals surface area contributed by atoms with Crippen molar-refractivity contribution in [2.24, 2.45) is 0 Å². The van der Waals surface area contributed by atoms with Crippen LogP contribution in [-0.4, -0.2) is 5.11 Å². The number of aliphatic hydroxyl groups is 1. The fraction of sp³-hybridized carbons (Fsp3) is 0.412. The van der Waals surface area contributed by atoms with Crippen LogP contribution in [0.4, 0.5) is 0 Å². The van der Waals surface area contributed by atoms with Gasteiger partial charge in [0.25, 0.3) is 0 Å². The third-order valence-corrected chi connectivity index (χ3v) is 5.29. The van der Waals surface area contributed by atoms with E-state index < -0.39 is 6.10 Å². The van der Waals surface area contributed by atoms with Gasteiger partial charge < -0.3 is 5.11 Å². The van der Waals surface area contributed by atoms with Gasteiger partial charge in [0, 0.05) is 6.42 Å². The summed E-state index contributed by atoms with van der Waals surface area (Å²) in [6, 6.07) is 8.48. The molecule has 2 aromatic rings. The largest absolute Gasteiger partial charge is 0.387 e. The molecule has 1 N–H and O–H groups in total. The zero-order valence-electron chi connectivity index (χ0n) is 12.4. The van der Waals surface area contributed by atoms with Crippen LogP contribution in [0.15, 0.2) is 29.6 Å². The smallest absolute Gasteiger partial charge is 0.0937 e. The van der Waals surface area contributed by atoms with Crippen LogP contribution in [0.3, 0.4) is 0 Å². The summed E-state index contributed by atoms with van der Waals surface area (Å²) in [5, 5.41) is 13.0. The molecule has 0 spiro atoms. The Morgan fingerprint density at radius 1 is 1.20 bits per heavy atom. The van der Waals surface area contributed by atoms with E-state index in [1.54, 1.807) is 0 Å². The molecule has 2 rings (SSSR count). The van der Waals surface area contributed by atoms with E-state index >= 15 is 0 Å². The quantitative estimate of drug-likeness (QED) is 0.817. The van der Waals surface area contributed by atoms with Gasteiger partial charge in [-0.2, -0.15) is 0 Å². The summed E-state index contributed by atoms with van der Waals surface area (Å²) in [5.74, 6) is 0. The lowest BCUT2D eigenvalue weighted by atomic mass is 9.86. The Morgan fingerprint density at radius 3 is 2.25 bits per heavy atom. The number of hydrogen-bond acceptors (Lipinski definition) is 2. The summed E-state index contributed by atoms with van der Waals surface area (Å²) < 4.78 is 0. The molecule has 0 radical (unpaired) electrons. The predicted octanol–water partition coefficient (Wildman–Crippen LogP) is 5.28.